The van der Waals surface area contributed by atoms with Crippen molar-refractivity contribution >= 4 is 11.0 Å². The third-order valence-electron chi connectivity index (χ3n) is 2.97. The van der Waals surface area contributed by atoms with Gasteiger partial charge in [0.1, 0.15) is 35.8 Å². The predicted molar refractivity (Wildman–Crippen MR) is 68.6 cm³/mol. The van der Waals surface area contributed by atoms with Gasteiger partial charge in [0.25, 0.3) is 0 Å². The Morgan fingerprint density at radius 1 is 1.10 bits per heavy atom. The molecule has 0 spiro atoms. The molecular weight excluding hydrogens is 266 g/mol. The fraction of sp³-hybridized carbons (Fsp3) is 0.0667. The van der Waals surface area contributed by atoms with Gasteiger partial charge in [0.2, 0.25) is 0 Å². The lowest BCUT2D eigenvalue weighted by molar-refractivity contribution is 0.292. The summed E-state index contributed by atoms with van der Waals surface area (Å²) in [6.45, 7) is -0.225. The summed E-state index contributed by atoms with van der Waals surface area (Å²) >= 11 is 0. The van der Waals surface area contributed by atoms with Crippen molar-refractivity contribution < 1.29 is 23.0 Å². The Morgan fingerprint density at radius 2 is 1.85 bits per heavy atom. The molecule has 0 bridgehead atoms. The third-order valence-corrected chi connectivity index (χ3v) is 2.97. The van der Waals surface area contributed by atoms with Crippen LogP contribution in [-0.4, -0.2) is 5.11 Å². The first kappa shape index (κ1) is 12.5. The molecule has 1 aromatic heterocycles. The van der Waals surface area contributed by atoms with Crippen LogP contribution < -0.4 is 4.74 Å². The Labute approximate surface area is 113 Å². The molecule has 0 fully saturated rings. The molecule has 0 saturated carbocycles. The van der Waals surface area contributed by atoms with Gasteiger partial charge in [-0.15, -0.1) is 0 Å². The summed E-state index contributed by atoms with van der Waals surface area (Å²) in [5.74, 6) is -0.871. The van der Waals surface area contributed by atoms with Gasteiger partial charge in [-0.05, 0) is 24.3 Å². The molecule has 5 heteroatoms. The Bertz CT molecular complexity index is 745. The Kier molecular flexibility index (Phi) is 3.02. The van der Waals surface area contributed by atoms with Crippen molar-refractivity contribution in [3.8, 4) is 11.5 Å². The van der Waals surface area contributed by atoms with Gasteiger partial charge in [0, 0.05) is 6.07 Å². The SMILES string of the molecule is Oc1coc2cc(OCc3c(F)cccc3F)ccc12. The number of aromatic hydroxyl groups is 1. The maximum Gasteiger partial charge on any atom is 0.161 e. The standard InChI is InChI=1S/C15H10F2O3/c16-12-2-1-3-13(17)11(12)7-19-9-4-5-10-14(18)8-20-15(10)6-9/h1-6,8,18H,7H2. The average molecular weight is 276 g/mol. The van der Waals surface area contributed by atoms with E-state index in [9.17, 15) is 13.9 Å². The second-order valence-corrected chi connectivity index (χ2v) is 4.27. The number of hydrogen-bond donors (Lipinski definition) is 1. The monoisotopic (exact) mass is 276 g/mol. The highest BCUT2D eigenvalue weighted by molar-refractivity contribution is 5.84. The van der Waals surface area contributed by atoms with E-state index < -0.39 is 11.6 Å². The molecule has 0 atom stereocenters. The number of furan rings is 1. The first-order chi connectivity index (χ1) is 9.65. The number of rotatable bonds is 3. The van der Waals surface area contributed by atoms with E-state index >= 15 is 0 Å². The highest BCUT2D eigenvalue weighted by Crippen LogP contribution is 2.30. The summed E-state index contributed by atoms with van der Waals surface area (Å²) in [5, 5.41) is 10.00. The van der Waals surface area contributed by atoms with Crippen molar-refractivity contribution in [2.24, 2.45) is 0 Å². The maximum atomic E-state index is 13.4. The van der Waals surface area contributed by atoms with Gasteiger partial charge in [0.05, 0.1) is 10.9 Å². The molecular formula is C15H10F2O3. The second kappa shape index (κ2) is 4.85. The molecule has 3 rings (SSSR count). The minimum atomic E-state index is -0.651. The van der Waals surface area contributed by atoms with Gasteiger partial charge in [0.15, 0.2) is 5.75 Å². The molecule has 0 amide bonds. The molecule has 0 radical (unpaired) electrons. The number of hydrogen-bond acceptors (Lipinski definition) is 3. The van der Waals surface area contributed by atoms with Crippen LogP contribution in [0, 0.1) is 11.6 Å². The summed E-state index contributed by atoms with van der Waals surface area (Å²) in [7, 11) is 0. The van der Waals surface area contributed by atoms with Crippen molar-refractivity contribution in [3.05, 3.63) is 59.9 Å². The molecule has 102 valence electrons. The van der Waals surface area contributed by atoms with E-state index in [0.717, 1.165) is 0 Å². The van der Waals surface area contributed by atoms with Gasteiger partial charge < -0.3 is 14.3 Å². The third kappa shape index (κ3) is 2.18. The van der Waals surface area contributed by atoms with Crippen LogP contribution in [0.2, 0.25) is 0 Å². The van der Waals surface area contributed by atoms with Crippen LogP contribution in [0.3, 0.4) is 0 Å². The highest BCUT2D eigenvalue weighted by atomic mass is 19.1. The van der Waals surface area contributed by atoms with Crippen LogP contribution >= 0.6 is 0 Å². The molecule has 1 N–H and O–H groups in total. The van der Waals surface area contributed by atoms with E-state index in [2.05, 4.69) is 0 Å². The molecule has 2 aromatic carbocycles. The van der Waals surface area contributed by atoms with E-state index in [0.29, 0.717) is 16.7 Å². The minimum absolute atomic E-state index is 0.0340. The lowest BCUT2D eigenvalue weighted by Crippen LogP contribution is -2.01. The number of fused-ring (bicyclic) bond motifs is 1. The molecule has 0 saturated heterocycles. The number of ether oxygens (including phenoxy) is 1. The highest BCUT2D eigenvalue weighted by Gasteiger charge is 2.10. The summed E-state index contributed by atoms with van der Waals surface area (Å²) in [6, 6.07) is 8.41. The van der Waals surface area contributed by atoms with E-state index in [-0.39, 0.29) is 17.9 Å². The largest absolute Gasteiger partial charge is 0.504 e. The van der Waals surface area contributed by atoms with Crippen molar-refractivity contribution in [1.82, 2.24) is 0 Å². The first-order valence-electron chi connectivity index (χ1n) is 5.91. The topological polar surface area (TPSA) is 42.6 Å². The summed E-state index contributed by atoms with van der Waals surface area (Å²) in [5.41, 5.74) is 0.309. The van der Waals surface area contributed by atoms with E-state index in [4.69, 9.17) is 9.15 Å². The summed E-state index contributed by atoms with van der Waals surface area (Å²) < 4.78 is 37.3. The zero-order valence-corrected chi connectivity index (χ0v) is 10.3. The molecule has 0 aliphatic rings. The maximum absolute atomic E-state index is 13.4. The molecule has 1 heterocycles. The van der Waals surface area contributed by atoms with Gasteiger partial charge in [-0.3, -0.25) is 0 Å². The molecule has 20 heavy (non-hydrogen) atoms. The second-order valence-electron chi connectivity index (χ2n) is 4.27. The number of halogens is 2. The van der Waals surface area contributed by atoms with Gasteiger partial charge in [-0.1, -0.05) is 6.07 Å². The minimum Gasteiger partial charge on any atom is -0.504 e. The first-order valence-corrected chi connectivity index (χ1v) is 5.91. The summed E-state index contributed by atoms with van der Waals surface area (Å²) in [4.78, 5) is 0. The van der Waals surface area contributed by atoms with Crippen LogP contribution in [-0.2, 0) is 6.61 Å². The smallest absolute Gasteiger partial charge is 0.161 e. The van der Waals surface area contributed by atoms with Crippen LogP contribution in [0.25, 0.3) is 11.0 Å². The predicted octanol–water partition coefficient (Wildman–Crippen LogP) is 4.00. The molecule has 3 aromatic rings. The van der Waals surface area contributed by atoms with E-state index in [1.54, 1.807) is 18.2 Å². The normalized spacial score (nSPS) is 10.9. The van der Waals surface area contributed by atoms with Gasteiger partial charge in [-0.25, -0.2) is 8.78 Å². The fourth-order valence-corrected chi connectivity index (χ4v) is 1.91. The fourth-order valence-electron chi connectivity index (χ4n) is 1.91. The average Bonchev–Trinajstić information content (AvgIpc) is 2.79. The quantitative estimate of drug-likeness (QED) is 0.786. The lowest BCUT2D eigenvalue weighted by atomic mass is 10.2. The molecule has 3 nitrogen and oxygen atoms in total. The van der Waals surface area contributed by atoms with Crippen molar-refractivity contribution in [2.75, 3.05) is 0 Å². The van der Waals surface area contributed by atoms with Gasteiger partial charge >= 0.3 is 0 Å². The molecule has 0 unspecified atom stereocenters. The van der Waals surface area contributed by atoms with Gasteiger partial charge in [-0.2, -0.15) is 0 Å². The van der Waals surface area contributed by atoms with Crippen LogP contribution in [0.5, 0.6) is 11.5 Å². The lowest BCUT2D eigenvalue weighted by Gasteiger charge is -2.08. The molecule has 0 aliphatic carbocycles. The molecule has 0 aliphatic heterocycles. The number of benzene rings is 2. The van der Waals surface area contributed by atoms with Crippen molar-refractivity contribution in [2.45, 2.75) is 6.61 Å². The van der Waals surface area contributed by atoms with E-state index in [1.807, 2.05) is 0 Å². The zero-order valence-electron chi connectivity index (χ0n) is 10.3. The Hall–Kier alpha value is -2.56. The van der Waals surface area contributed by atoms with Crippen molar-refractivity contribution in [3.63, 3.8) is 0 Å². The summed E-state index contributed by atoms with van der Waals surface area (Å²) in [6.07, 6.45) is 1.21. The Morgan fingerprint density at radius 3 is 2.60 bits per heavy atom. The van der Waals surface area contributed by atoms with Crippen LogP contribution in [0.15, 0.2) is 47.1 Å². The Balaban J connectivity index is 1.83. The van der Waals surface area contributed by atoms with Crippen molar-refractivity contribution in [1.29, 1.82) is 0 Å². The van der Waals surface area contributed by atoms with Crippen LogP contribution in [0.1, 0.15) is 5.56 Å². The zero-order chi connectivity index (χ0) is 14.1. The van der Waals surface area contributed by atoms with Crippen LogP contribution in [0.4, 0.5) is 8.78 Å². The van der Waals surface area contributed by atoms with E-state index in [1.165, 1.54) is 24.5 Å².